The Kier molecular flexibility index (Phi) is 3.85. The minimum atomic E-state index is -1.28. The molecular formula is C12H11FN2O6. The fraction of sp³-hybridized carbons (Fsp3) is 0.333. The van der Waals surface area contributed by atoms with Crippen molar-refractivity contribution in [3.63, 3.8) is 0 Å². The third kappa shape index (κ3) is 2.82. The number of benzene rings is 1. The van der Waals surface area contributed by atoms with Gasteiger partial charge in [-0.25, -0.2) is 4.79 Å². The molecule has 1 fully saturated rings. The third-order valence-electron chi connectivity index (χ3n) is 3.22. The van der Waals surface area contributed by atoms with Gasteiger partial charge in [-0.1, -0.05) is 0 Å². The predicted molar refractivity (Wildman–Crippen MR) is 66.1 cm³/mol. The molecule has 8 nitrogen and oxygen atoms in total. The number of β-amino-alcohol motifs (C(OH)–C–C–N with tert-alkyl or cyclic N) is 1. The number of carbonyl (C=O) groups excluding carboxylic acids is 1. The molecule has 2 N–H and O–H groups in total. The molecule has 21 heavy (non-hydrogen) atoms. The maximum absolute atomic E-state index is 13.5. The molecule has 1 aromatic rings. The van der Waals surface area contributed by atoms with Gasteiger partial charge in [-0.2, -0.15) is 4.39 Å². The van der Waals surface area contributed by atoms with Gasteiger partial charge < -0.3 is 15.1 Å². The molecule has 0 aliphatic carbocycles. The van der Waals surface area contributed by atoms with E-state index in [4.69, 9.17) is 5.11 Å². The van der Waals surface area contributed by atoms with Gasteiger partial charge in [0.15, 0.2) is 0 Å². The van der Waals surface area contributed by atoms with Crippen LogP contribution in [0.1, 0.15) is 16.8 Å². The second-order valence-electron chi connectivity index (χ2n) is 4.62. The lowest BCUT2D eigenvalue weighted by molar-refractivity contribution is -0.387. The molecule has 0 bridgehead atoms. The number of carboxylic acid groups (broad SMARTS) is 1. The number of carboxylic acids is 1. The van der Waals surface area contributed by atoms with E-state index in [1.165, 1.54) is 0 Å². The van der Waals surface area contributed by atoms with Gasteiger partial charge in [0.05, 0.1) is 11.0 Å². The molecule has 2 atom stereocenters. The average Bonchev–Trinajstić information content (AvgIpc) is 2.79. The highest BCUT2D eigenvalue weighted by Crippen LogP contribution is 2.23. The lowest BCUT2D eigenvalue weighted by atomic mass is 10.1. The Morgan fingerprint density at radius 3 is 2.62 bits per heavy atom. The molecule has 0 spiro atoms. The Balaban J connectivity index is 2.29. The molecule has 1 aromatic carbocycles. The van der Waals surface area contributed by atoms with Crippen molar-refractivity contribution in [2.75, 3.05) is 6.54 Å². The smallest absolute Gasteiger partial charge is 0.326 e. The van der Waals surface area contributed by atoms with E-state index in [-0.39, 0.29) is 18.5 Å². The van der Waals surface area contributed by atoms with Crippen LogP contribution in [0, 0.1) is 15.9 Å². The SMILES string of the molecule is O=C(O)[C@@H]1C[C@@H](O)CN1C(=O)c1ccc([N+](=O)[O-])c(F)c1. The van der Waals surface area contributed by atoms with Crippen LogP contribution in [0.4, 0.5) is 10.1 Å². The zero-order chi connectivity index (χ0) is 15.7. The molecule has 1 aliphatic heterocycles. The summed E-state index contributed by atoms with van der Waals surface area (Å²) in [4.78, 5) is 33.7. The summed E-state index contributed by atoms with van der Waals surface area (Å²) < 4.78 is 13.5. The first kappa shape index (κ1) is 14.9. The van der Waals surface area contributed by atoms with Crippen LogP contribution in [0.15, 0.2) is 18.2 Å². The minimum Gasteiger partial charge on any atom is -0.480 e. The van der Waals surface area contributed by atoms with Crippen molar-refractivity contribution in [2.45, 2.75) is 18.6 Å². The molecular weight excluding hydrogens is 287 g/mol. The first-order valence-electron chi connectivity index (χ1n) is 5.97. The Hall–Kier alpha value is -2.55. The van der Waals surface area contributed by atoms with Crippen molar-refractivity contribution in [1.29, 1.82) is 0 Å². The Labute approximate surface area is 117 Å². The number of aliphatic hydroxyl groups excluding tert-OH is 1. The van der Waals surface area contributed by atoms with E-state index >= 15 is 0 Å². The van der Waals surface area contributed by atoms with Crippen LogP contribution in [0.2, 0.25) is 0 Å². The van der Waals surface area contributed by atoms with Crippen LogP contribution in [-0.4, -0.2) is 50.6 Å². The zero-order valence-corrected chi connectivity index (χ0v) is 10.6. The van der Waals surface area contributed by atoms with Gasteiger partial charge in [-0.05, 0) is 12.1 Å². The third-order valence-corrected chi connectivity index (χ3v) is 3.22. The highest BCUT2D eigenvalue weighted by Gasteiger charge is 2.39. The number of halogens is 1. The summed E-state index contributed by atoms with van der Waals surface area (Å²) in [5.74, 6) is -3.26. The van der Waals surface area contributed by atoms with E-state index in [0.29, 0.717) is 6.07 Å². The lowest BCUT2D eigenvalue weighted by Gasteiger charge is -2.21. The van der Waals surface area contributed by atoms with E-state index in [0.717, 1.165) is 17.0 Å². The summed E-state index contributed by atoms with van der Waals surface area (Å²) in [5.41, 5.74) is -0.985. The molecule has 9 heteroatoms. The van der Waals surface area contributed by atoms with Gasteiger partial charge in [0.2, 0.25) is 5.82 Å². The molecule has 0 aromatic heterocycles. The second-order valence-corrected chi connectivity index (χ2v) is 4.62. The Morgan fingerprint density at radius 1 is 1.43 bits per heavy atom. The number of rotatable bonds is 3. The monoisotopic (exact) mass is 298 g/mol. The van der Waals surface area contributed by atoms with Crippen molar-refractivity contribution >= 4 is 17.6 Å². The highest BCUT2D eigenvalue weighted by molar-refractivity contribution is 5.97. The number of likely N-dealkylation sites (tertiary alicyclic amines) is 1. The van der Waals surface area contributed by atoms with Crippen molar-refractivity contribution in [3.05, 3.63) is 39.7 Å². The number of nitrogens with zero attached hydrogens (tertiary/aromatic N) is 2. The van der Waals surface area contributed by atoms with Gasteiger partial charge >= 0.3 is 11.7 Å². The van der Waals surface area contributed by atoms with Crippen LogP contribution in [0.3, 0.4) is 0 Å². The molecule has 0 unspecified atom stereocenters. The van der Waals surface area contributed by atoms with Crippen LogP contribution in [0.25, 0.3) is 0 Å². The first-order valence-corrected chi connectivity index (χ1v) is 5.97. The summed E-state index contributed by atoms with van der Waals surface area (Å²) in [7, 11) is 0. The fourth-order valence-electron chi connectivity index (χ4n) is 2.23. The minimum absolute atomic E-state index is 0.115. The maximum Gasteiger partial charge on any atom is 0.326 e. The van der Waals surface area contributed by atoms with E-state index in [9.17, 15) is 29.2 Å². The summed E-state index contributed by atoms with van der Waals surface area (Å²) in [6.45, 7) is -0.186. The Morgan fingerprint density at radius 2 is 2.10 bits per heavy atom. The molecule has 2 rings (SSSR count). The quantitative estimate of drug-likeness (QED) is 0.615. The standard InChI is InChI=1S/C12H11FN2O6/c13-8-3-6(1-2-9(8)15(20)21)11(17)14-5-7(16)4-10(14)12(18)19/h1-3,7,10,16H,4-5H2,(H,18,19)/t7-,10+/m1/s1. The second kappa shape index (κ2) is 5.44. The van der Waals surface area contributed by atoms with Crippen LogP contribution in [-0.2, 0) is 4.79 Å². The number of hydrogen-bond donors (Lipinski definition) is 2. The number of nitro groups is 1. The lowest BCUT2D eigenvalue weighted by Crippen LogP contribution is -2.40. The number of aliphatic hydroxyl groups is 1. The first-order chi connectivity index (χ1) is 9.81. The van der Waals surface area contributed by atoms with Gasteiger partial charge in [0, 0.05) is 24.6 Å². The van der Waals surface area contributed by atoms with Crippen molar-refractivity contribution in [2.24, 2.45) is 0 Å². The van der Waals surface area contributed by atoms with Crippen molar-refractivity contribution in [1.82, 2.24) is 4.90 Å². The number of amides is 1. The normalized spacial score (nSPS) is 21.3. The molecule has 1 heterocycles. The van der Waals surface area contributed by atoms with E-state index in [2.05, 4.69) is 0 Å². The van der Waals surface area contributed by atoms with Gasteiger partial charge in [-0.3, -0.25) is 14.9 Å². The topological polar surface area (TPSA) is 121 Å². The molecule has 1 aliphatic rings. The van der Waals surface area contributed by atoms with Crippen LogP contribution in [0.5, 0.6) is 0 Å². The summed E-state index contributed by atoms with van der Waals surface area (Å²) in [5, 5.41) is 29.0. The van der Waals surface area contributed by atoms with Gasteiger partial charge in [0.25, 0.3) is 5.91 Å². The largest absolute Gasteiger partial charge is 0.480 e. The van der Waals surface area contributed by atoms with Crippen LogP contribution >= 0.6 is 0 Å². The zero-order valence-electron chi connectivity index (χ0n) is 10.6. The van der Waals surface area contributed by atoms with Gasteiger partial charge in [-0.15, -0.1) is 0 Å². The summed E-state index contributed by atoms with van der Waals surface area (Å²) >= 11 is 0. The molecule has 1 amide bonds. The van der Waals surface area contributed by atoms with Crippen molar-refractivity contribution in [3.8, 4) is 0 Å². The number of aliphatic carboxylic acids is 1. The molecule has 0 radical (unpaired) electrons. The highest BCUT2D eigenvalue weighted by atomic mass is 19.1. The molecule has 1 saturated heterocycles. The molecule has 112 valence electrons. The average molecular weight is 298 g/mol. The Bertz CT molecular complexity index is 620. The summed E-state index contributed by atoms with van der Waals surface area (Å²) in [6, 6.07) is 1.37. The van der Waals surface area contributed by atoms with Gasteiger partial charge in [0.1, 0.15) is 6.04 Å². The van der Waals surface area contributed by atoms with Crippen molar-refractivity contribution < 1.29 is 29.1 Å². The maximum atomic E-state index is 13.5. The van der Waals surface area contributed by atoms with E-state index in [1.54, 1.807) is 0 Å². The number of hydrogen-bond acceptors (Lipinski definition) is 5. The summed E-state index contributed by atoms with van der Waals surface area (Å²) in [6.07, 6.45) is -1.09. The molecule has 0 saturated carbocycles. The van der Waals surface area contributed by atoms with Crippen LogP contribution < -0.4 is 0 Å². The predicted octanol–water partition coefficient (Wildman–Crippen LogP) is 0.394. The fourth-order valence-corrected chi connectivity index (χ4v) is 2.23. The number of nitro benzene ring substituents is 1. The van der Waals surface area contributed by atoms with E-state index < -0.39 is 40.5 Å². The van der Waals surface area contributed by atoms with E-state index in [1.807, 2.05) is 0 Å². The number of carbonyl (C=O) groups is 2.